The lowest BCUT2D eigenvalue weighted by molar-refractivity contribution is -0.0977. The molecule has 0 bridgehead atoms. The van der Waals surface area contributed by atoms with Gasteiger partial charge in [-0.05, 0) is 24.3 Å². The molecule has 3 rings (SSSR count). The maximum atomic E-state index is 13.2. The Hall–Kier alpha value is -1.34. The highest BCUT2D eigenvalue weighted by atomic mass is 32.1. The van der Waals surface area contributed by atoms with Crippen LogP contribution >= 0.6 is 11.3 Å². The van der Waals surface area contributed by atoms with Gasteiger partial charge in [0.05, 0.1) is 11.0 Å². The van der Waals surface area contributed by atoms with Gasteiger partial charge in [0, 0.05) is 25.8 Å². The monoisotopic (exact) mass is 327 g/mol. The summed E-state index contributed by atoms with van der Waals surface area (Å²) in [6, 6.07) is 1.93. The Bertz CT molecular complexity index is 664. The fourth-order valence-corrected chi connectivity index (χ4v) is 3.48. The topological polar surface area (TPSA) is 58.0 Å². The summed E-state index contributed by atoms with van der Waals surface area (Å²) in [5, 5.41) is 16.5. The quantitative estimate of drug-likeness (QED) is 0.901. The number of aromatic nitrogens is 2. The van der Waals surface area contributed by atoms with Gasteiger partial charge >= 0.3 is 0 Å². The molecule has 2 heterocycles. The Morgan fingerprint density at radius 3 is 2.68 bits per heavy atom. The van der Waals surface area contributed by atoms with Crippen LogP contribution in [0, 0.1) is 0 Å². The molecule has 1 saturated carbocycles. The van der Waals surface area contributed by atoms with Gasteiger partial charge in [-0.1, -0.05) is 6.92 Å². The number of anilines is 1. The van der Waals surface area contributed by atoms with E-state index in [9.17, 15) is 13.9 Å². The molecule has 0 radical (unpaired) electrons. The van der Waals surface area contributed by atoms with Crippen molar-refractivity contribution < 1.29 is 13.9 Å². The number of thiophene rings is 1. The lowest BCUT2D eigenvalue weighted by Gasteiger charge is -2.36. The van der Waals surface area contributed by atoms with Crippen LogP contribution in [-0.4, -0.2) is 33.1 Å². The van der Waals surface area contributed by atoms with E-state index in [1.807, 2.05) is 18.4 Å². The first-order valence-corrected chi connectivity index (χ1v) is 8.37. The van der Waals surface area contributed by atoms with Crippen molar-refractivity contribution in [2.24, 2.45) is 0 Å². The molecular weight excluding hydrogens is 308 g/mol. The molecule has 0 saturated heterocycles. The average molecular weight is 327 g/mol. The fourth-order valence-electron chi connectivity index (χ4n) is 2.70. The van der Waals surface area contributed by atoms with Crippen LogP contribution in [0.25, 0.3) is 10.2 Å². The minimum atomic E-state index is -2.64. The smallest absolute Gasteiger partial charge is 0.248 e. The molecule has 0 aliphatic heterocycles. The highest BCUT2D eigenvalue weighted by Gasteiger charge is 2.42. The zero-order valence-electron chi connectivity index (χ0n) is 12.4. The van der Waals surface area contributed by atoms with Crippen LogP contribution in [0.1, 0.15) is 38.4 Å². The summed E-state index contributed by atoms with van der Waals surface area (Å²) in [6.07, 6.45) is 0.405. The van der Waals surface area contributed by atoms with Gasteiger partial charge in [0.2, 0.25) is 5.92 Å². The van der Waals surface area contributed by atoms with Gasteiger partial charge in [-0.15, -0.1) is 11.3 Å². The second-order valence-electron chi connectivity index (χ2n) is 5.92. The number of fused-ring (bicyclic) bond motifs is 1. The first-order valence-electron chi connectivity index (χ1n) is 7.49. The van der Waals surface area contributed by atoms with Crippen molar-refractivity contribution >= 4 is 27.4 Å². The number of aryl methyl sites for hydroxylation is 1. The number of hydrogen-bond donors (Lipinski definition) is 2. The van der Waals surface area contributed by atoms with E-state index in [4.69, 9.17) is 0 Å². The lowest BCUT2D eigenvalue weighted by atomic mass is 9.83. The summed E-state index contributed by atoms with van der Waals surface area (Å²) in [5.74, 6) is -1.23. The SMILES string of the molecule is CCc1nc(NCC2(O)CCC(F)(F)CC2)c2ccsc2n1. The van der Waals surface area contributed by atoms with Crippen LogP contribution in [0.15, 0.2) is 11.4 Å². The van der Waals surface area contributed by atoms with Gasteiger partial charge in [-0.25, -0.2) is 18.7 Å². The van der Waals surface area contributed by atoms with Crippen LogP contribution < -0.4 is 5.32 Å². The van der Waals surface area contributed by atoms with Crippen LogP contribution in [0.3, 0.4) is 0 Å². The third-order valence-electron chi connectivity index (χ3n) is 4.18. The van der Waals surface area contributed by atoms with Gasteiger partial charge in [0.1, 0.15) is 16.5 Å². The first-order chi connectivity index (χ1) is 10.4. The Balaban J connectivity index is 1.75. The molecule has 4 nitrogen and oxygen atoms in total. The van der Waals surface area contributed by atoms with E-state index in [0.717, 1.165) is 22.5 Å². The number of rotatable bonds is 4. The largest absolute Gasteiger partial charge is 0.388 e. The molecule has 0 aromatic carbocycles. The van der Waals surface area contributed by atoms with Crippen molar-refractivity contribution in [2.45, 2.75) is 50.6 Å². The van der Waals surface area contributed by atoms with Crippen LogP contribution in [0.2, 0.25) is 0 Å². The van der Waals surface area contributed by atoms with E-state index in [2.05, 4.69) is 15.3 Å². The first kappa shape index (κ1) is 15.6. The Kier molecular flexibility index (Phi) is 4.03. The van der Waals surface area contributed by atoms with Crippen LogP contribution in [-0.2, 0) is 6.42 Å². The predicted molar refractivity (Wildman–Crippen MR) is 83.6 cm³/mol. The standard InChI is InChI=1S/C15H19F2N3OS/c1-2-11-19-12(10-3-8-22-13(10)20-11)18-9-14(21)4-6-15(16,17)7-5-14/h3,8,21H,2,4-7,9H2,1H3,(H,18,19,20). The summed E-state index contributed by atoms with van der Waals surface area (Å²) in [4.78, 5) is 9.81. The maximum absolute atomic E-state index is 13.2. The Morgan fingerprint density at radius 1 is 1.27 bits per heavy atom. The molecule has 2 N–H and O–H groups in total. The molecule has 1 aliphatic rings. The number of halogens is 2. The zero-order chi connectivity index (χ0) is 15.8. The summed E-state index contributed by atoms with van der Waals surface area (Å²) in [5.41, 5.74) is -1.10. The number of nitrogens with zero attached hydrogens (tertiary/aromatic N) is 2. The number of nitrogens with one attached hydrogen (secondary N) is 1. The predicted octanol–water partition coefficient (Wildman–Crippen LogP) is 3.61. The van der Waals surface area contributed by atoms with Crippen molar-refractivity contribution in [3.8, 4) is 0 Å². The molecule has 0 atom stereocenters. The van der Waals surface area contributed by atoms with Crippen molar-refractivity contribution in [1.29, 1.82) is 0 Å². The summed E-state index contributed by atoms with van der Waals surface area (Å²) in [7, 11) is 0. The van der Waals surface area contributed by atoms with Gasteiger partial charge < -0.3 is 10.4 Å². The van der Waals surface area contributed by atoms with Crippen LogP contribution in [0.5, 0.6) is 0 Å². The number of aliphatic hydroxyl groups is 1. The Morgan fingerprint density at radius 2 is 2.00 bits per heavy atom. The molecule has 1 fully saturated rings. The molecule has 2 aromatic rings. The van der Waals surface area contributed by atoms with Gasteiger partial charge in [0.25, 0.3) is 0 Å². The normalized spacial score (nSPS) is 20.2. The Labute approximate surface area is 131 Å². The third kappa shape index (κ3) is 3.20. The molecule has 2 aromatic heterocycles. The summed E-state index contributed by atoms with van der Waals surface area (Å²) < 4.78 is 26.5. The fraction of sp³-hybridized carbons (Fsp3) is 0.600. The van der Waals surface area contributed by atoms with E-state index in [1.54, 1.807) is 0 Å². The molecule has 7 heteroatoms. The minimum Gasteiger partial charge on any atom is -0.388 e. The zero-order valence-corrected chi connectivity index (χ0v) is 13.2. The number of alkyl halides is 2. The van der Waals surface area contributed by atoms with Crippen LogP contribution in [0.4, 0.5) is 14.6 Å². The molecule has 22 heavy (non-hydrogen) atoms. The van der Waals surface area contributed by atoms with Gasteiger partial charge in [-0.2, -0.15) is 0 Å². The number of hydrogen-bond acceptors (Lipinski definition) is 5. The molecule has 0 unspecified atom stereocenters. The molecule has 1 aliphatic carbocycles. The van der Waals surface area contributed by atoms with Crippen molar-refractivity contribution in [2.75, 3.05) is 11.9 Å². The lowest BCUT2D eigenvalue weighted by Crippen LogP contribution is -2.43. The molecule has 0 spiro atoms. The van der Waals surface area contributed by atoms with E-state index < -0.39 is 11.5 Å². The molecule has 0 amide bonds. The third-order valence-corrected chi connectivity index (χ3v) is 4.99. The average Bonchev–Trinajstić information content (AvgIpc) is 2.97. The highest BCUT2D eigenvalue weighted by molar-refractivity contribution is 7.16. The summed E-state index contributed by atoms with van der Waals surface area (Å²) in [6.45, 7) is 2.21. The van der Waals surface area contributed by atoms with E-state index in [-0.39, 0.29) is 32.2 Å². The minimum absolute atomic E-state index is 0.103. The van der Waals surface area contributed by atoms with E-state index in [1.165, 1.54) is 11.3 Å². The maximum Gasteiger partial charge on any atom is 0.248 e. The second kappa shape index (κ2) is 5.70. The molecular formula is C15H19F2N3OS. The van der Waals surface area contributed by atoms with Crippen molar-refractivity contribution in [3.05, 3.63) is 17.3 Å². The van der Waals surface area contributed by atoms with E-state index in [0.29, 0.717) is 5.82 Å². The molecule has 120 valence electrons. The van der Waals surface area contributed by atoms with Crippen molar-refractivity contribution in [1.82, 2.24) is 9.97 Å². The van der Waals surface area contributed by atoms with Gasteiger partial charge in [-0.3, -0.25) is 0 Å². The van der Waals surface area contributed by atoms with Crippen molar-refractivity contribution in [3.63, 3.8) is 0 Å². The van der Waals surface area contributed by atoms with Gasteiger partial charge in [0.15, 0.2) is 0 Å². The summed E-state index contributed by atoms with van der Waals surface area (Å²) >= 11 is 1.54. The highest BCUT2D eigenvalue weighted by Crippen LogP contribution is 2.38. The second-order valence-corrected chi connectivity index (χ2v) is 6.81. The van der Waals surface area contributed by atoms with E-state index >= 15 is 0 Å².